The number of primary amides is 1. The number of nitrogens with one attached hydrogen (secondary N) is 5. The molecule has 0 bridgehead atoms. The molecule has 0 radical (unpaired) electrons. The molecule has 3 aromatic carbocycles. The average Bonchev–Trinajstić information content (AvgIpc) is 3.28. The van der Waals surface area contributed by atoms with Crippen LogP contribution in [0.2, 0.25) is 0 Å². The first kappa shape index (κ1) is 50.9. The number of carbonyl (C=O) groups excluding carboxylic acids is 6. The summed E-state index contributed by atoms with van der Waals surface area (Å²) in [6.45, 7) is -0.0673. The third-order valence-corrected chi connectivity index (χ3v) is 8.98. The fourth-order valence-electron chi connectivity index (χ4n) is 6.01. The summed E-state index contributed by atoms with van der Waals surface area (Å²) in [5.41, 5.74) is 57.5. The lowest BCUT2D eigenvalue weighted by molar-refractivity contribution is -0.136. The minimum absolute atomic E-state index is 0.0673. The van der Waals surface area contributed by atoms with E-state index < -0.39 is 96.2 Å². The minimum atomic E-state index is -2.14. The molecule has 0 aliphatic rings. The second kappa shape index (κ2) is 23.8. The van der Waals surface area contributed by atoms with E-state index in [1.807, 2.05) is 41.0 Å². The minimum Gasteiger partial charge on any atom is -0.396 e. The maximum atomic E-state index is 14.2. The van der Waals surface area contributed by atoms with Crippen LogP contribution in [0.1, 0.15) is 17.2 Å². The summed E-state index contributed by atoms with van der Waals surface area (Å²) in [7, 11) is 0. The molecule has 0 aliphatic heterocycles. The van der Waals surface area contributed by atoms with Gasteiger partial charge < -0.3 is 93.9 Å². The highest BCUT2D eigenvalue weighted by molar-refractivity contribution is 6.01. The Morgan fingerprint density at radius 1 is 0.574 bits per heavy atom. The molecule has 26 N–H and O–H groups in total. The van der Waals surface area contributed by atoms with Crippen LogP contribution >= 0.6 is 0 Å². The van der Waals surface area contributed by atoms with Crippen molar-refractivity contribution < 1.29 is 33.9 Å². The number of hydrogen-bond acceptors (Lipinski definition) is 14. The Bertz CT molecular complexity index is 2610. The highest BCUT2D eigenvalue weighted by Crippen LogP contribution is 2.32. The number of nitrogens with two attached hydrogens (primary N) is 10. The number of aliphatic imine (C=N–C) groups is 4. The Balaban J connectivity index is 1.63. The van der Waals surface area contributed by atoms with Crippen LogP contribution in [0.25, 0.3) is 17.0 Å². The summed E-state index contributed by atoms with van der Waals surface area (Å²) < 4.78 is 0. The molecule has 6 unspecified atom stereocenters. The molecule has 28 nitrogen and oxygen atoms in total. The van der Waals surface area contributed by atoms with E-state index in [-0.39, 0.29) is 23.5 Å². The van der Waals surface area contributed by atoms with Gasteiger partial charge in [0.1, 0.15) is 6.04 Å². The smallest absolute Gasteiger partial charge is 0.270 e. The molecule has 6 amide bonds. The molecule has 0 aliphatic carbocycles. The van der Waals surface area contributed by atoms with Crippen LogP contribution in [-0.4, -0.2) is 107 Å². The van der Waals surface area contributed by atoms with E-state index in [9.17, 15) is 33.9 Å². The molecule has 1 aromatic heterocycles. The Morgan fingerprint density at radius 2 is 1.04 bits per heavy atom. The van der Waals surface area contributed by atoms with Gasteiger partial charge in [0.2, 0.25) is 36.8 Å². The van der Waals surface area contributed by atoms with E-state index in [4.69, 9.17) is 57.3 Å². The van der Waals surface area contributed by atoms with E-state index in [2.05, 4.69) is 40.9 Å². The third-order valence-electron chi connectivity index (χ3n) is 8.98. The van der Waals surface area contributed by atoms with Crippen LogP contribution in [0.15, 0.2) is 117 Å². The van der Waals surface area contributed by atoms with Gasteiger partial charge in [-0.15, -0.1) is 0 Å². The largest absolute Gasteiger partial charge is 0.396 e. The average molecular weight is 938 g/mol. The van der Waals surface area contributed by atoms with Gasteiger partial charge >= 0.3 is 0 Å². The normalized spacial score (nSPS) is 13.4. The molecule has 0 fully saturated rings. The Labute approximate surface area is 386 Å². The number of nitrogens with zero attached hydrogens (tertiary/aromatic N) is 6. The van der Waals surface area contributed by atoms with Crippen molar-refractivity contribution in [2.75, 3.05) is 17.2 Å². The first-order chi connectivity index (χ1) is 32.2. The number of guanidine groups is 4. The predicted octanol–water partition coefficient (Wildman–Crippen LogP) is -6.14. The number of pyridine rings is 1. The molecule has 0 spiro atoms. The Kier molecular flexibility index (Phi) is 17.8. The zero-order valence-electron chi connectivity index (χ0n) is 35.8. The molecule has 6 atom stereocenters. The first-order valence-electron chi connectivity index (χ1n) is 19.8. The highest BCUT2D eigenvalue weighted by atomic mass is 16.3. The zero-order valence-corrected chi connectivity index (χ0v) is 35.8. The fraction of sp³-hybridized carbons (Fsp3) is 0.175. The predicted molar refractivity (Wildman–Crippen MR) is 252 cm³/mol. The summed E-state index contributed by atoms with van der Waals surface area (Å²) in [5.74, 6) is -10.4. The SMILES string of the molecule is NC(=O)C(N=C(N)N)NC(=O)C(N=C(N)N)NC(=O)C(N=C(N)N)NC(=O)C(N=C(N)N)NC(=O)C(NC(=O)C(O)N(C/C=C\c1ccccc1)c1ccc2ncccc2c1N)c1ccccc1. The number of aliphatic hydroxyl groups excluding tert-OH is 1. The Hall–Kier alpha value is -9.73. The van der Waals surface area contributed by atoms with Gasteiger partial charge in [0.15, 0.2) is 23.8 Å². The summed E-state index contributed by atoms with van der Waals surface area (Å²) in [5, 5.41) is 23.2. The summed E-state index contributed by atoms with van der Waals surface area (Å²) in [4.78, 5) is 101. The quantitative estimate of drug-likeness (QED) is 0.0160. The number of amides is 6. The van der Waals surface area contributed by atoms with Crippen LogP contribution in [0.4, 0.5) is 11.4 Å². The van der Waals surface area contributed by atoms with Crippen LogP contribution in [0.5, 0.6) is 0 Å². The topological polar surface area (TPSA) is 509 Å². The van der Waals surface area contributed by atoms with E-state index in [0.717, 1.165) is 5.56 Å². The summed E-state index contributed by atoms with van der Waals surface area (Å²) in [6.07, 6.45) is -5.12. The van der Waals surface area contributed by atoms with Gasteiger partial charge in [0.25, 0.3) is 29.5 Å². The van der Waals surface area contributed by atoms with Crippen LogP contribution in [-0.2, 0) is 28.8 Å². The molecule has 0 saturated carbocycles. The van der Waals surface area contributed by atoms with Gasteiger partial charge in [-0.2, -0.15) is 0 Å². The van der Waals surface area contributed by atoms with Crippen molar-refractivity contribution in [1.29, 1.82) is 0 Å². The number of hydrogen-bond donors (Lipinski definition) is 16. The zero-order chi connectivity index (χ0) is 50.1. The van der Waals surface area contributed by atoms with Crippen molar-refractivity contribution in [1.82, 2.24) is 31.6 Å². The monoisotopic (exact) mass is 937 g/mol. The maximum absolute atomic E-state index is 14.2. The van der Waals surface area contributed by atoms with Crippen molar-refractivity contribution in [2.24, 2.45) is 71.6 Å². The van der Waals surface area contributed by atoms with Gasteiger partial charge in [0, 0.05) is 18.1 Å². The molecule has 358 valence electrons. The molecular formula is C40H51N21O7. The molecule has 4 aromatic rings. The lowest BCUT2D eigenvalue weighted by Gasteiger charge is -2.31. The van der Waals surface area contributed by atoms with E-state index in [1.165, 1.54) is 17.0 Å². The molecule has 1 heterocycles. The molecule has 28 heteroatoms. The van der Waals surface area contributed by atoms with Gasteiger partial charge in [-0.3, -0.25) is 33.8 Å². The number of carbonyl (C=O) groups is 6. The number of nitrogen functional groups attached to an aromatic ring is 1. The van der Waals surface area contributed by atoms with Gasteiger partial charge in [-0.1, -0.05) is 72.8 Å². The number of aliphatic hydroxyl groups is 1. The van der Waals surface area contributed by atoms with Crippen LogP contribution < -0.4 is 88.8 Å². The van der Waals surface area contributed by atoms with Crippen molar-refractivity contribution in [3.63, 3.8) is 0 Å². The molecular weight excluding hydrogens is 887 g/mol. The van der Waals surface area contributed by atoms with Crippen LogP contribution in [0.3, 0.4) is 0 Å². The van der Waals surface area contributed by atoms with Crippen molar-refractivity contribution >= 4 is 87.6 Å². The second-order valence-electron chi connectivity index (χ2n) is 14.0. The van der Waals surface area contributed by atoms with Crippen molar-refractivity contribution in [2.45, 2.75) is 36.9 Å². The van der Waals surface area contributed by atoms with Gasteiger partial charge in [0.05, 0.1) is 16.9 Å². The summed E-state index contributed by atoms with van der Waals surface area (Å²) in [6, 6.07) is 21.8. The standard InChI is InChI=1S/C40H51N21O7/c41-24-21-14-7-17-51-22(21)15-16-23(24)61(18-8-11-19-9-3-1-4-10-19)36(68)35(67)52-25(20-12-5-2-6-13-20)31(63)54-28(58-38(45)46)33(65)56-30(60-40(49)50)34(66)55-29(59-39(47)48)32(64)53-27(26(42)62)57-37(43)44/h1-17,25,27-30,36,68H,18,41H2,(H2,42,62)(H,52,67)(H,53,64)(H,54,63)(H,55,66)(H,56,65)(H4,43,44,57)(H4,45,46,58)(H4,47,48,59)(H4,49,50,60)/b11-8-. The summed E-state index contributed by atoms with van der Waals surface area (Å²) >= 11 is 0. The number of anilines is 2. The van der Waals surface area contributed by atoms with E-state index in [1.54, 1.807) is 60.8 Å². The third kappa shape index (κ3) is 14.7. The lowest BCUT2D eigenvalue weighted by Crippen LogP contribution is -2.58. The number of benzene rings is 3. The molecule has 68 heavy (non-hydrogen) atoms. The number of aromatic nitrogens is 1. The van der Waals surface area contributed by atoms with Crippen LogP contribution in [0, 0.1) is 0 Å². The van der Waals surface area contributed by atoms with Gasteiger partial charge in [-0.05, 0) is 35.4 Å². The van der Waals surface area contributed by atoms with Gasteiger partial charge in [-0.25, -0.2) is 20.0 Å². The Morgan fingerprint density at radius 3 is 1.54 bits per heavy atom. The highest BCUT2D eigenvalue weighted by Gasteiger charge is 2.35. The number of fused-ring (bicyclic) bond motifs is 1. The van der Waals surface area contributed by atoms with E-state index in [0.29, 0.717) is 10.9 Å². The number of rotatable bonds is 21. The lowest BCUT2D eigenvalue weighted by atomic mass is 10.1. The van der Waals surface area contributed by atoms with Crippen molar-refractivity contribution in [3.05, 3.63) is 108 Å². The van der Waals surface area contributed by atoms with E-state index >= 15 is 0 Å². The fourth-order valence-corrected chi connectivity index (χ4v) is 6.01. The second-order valence-corrected chi connectivity index (χ2v) is 14.0. The molecule has 0 saturated heterocycles. The van der Waals surface area contributed by atoms with Crippen molar-refractivity contribution in [3.8, 4) is 0 Å². The molecule has 4 rings (SSSR count). The maximum Gasteiger partial charge on any atom is 0.270 e. The first-order valence-corrected chi connectivity index (χ1v) is 19.8.